The number of hydrogen-bond donors (Lipinski definition) is 3. The Hall–Kier alpha value is -2.04. The number of aliphatic imine (C=N–C) groups is 1. The van der Waals surface area contributed by atoms with Crippen LogP contribution in [-0.2, 0) is 11.2 Å². The van der Waals surface area contributed by atoms with Gasteiger partial charge < -0.3 is 16.0 Å². The summed E-state index contributed by atoms with van der Waals surface area (Å²) in [6.07, 6.45) is 6.15. The van der Waals surface area contributed by atoms with Crippen molar-refractivity contribution in [2.45, 2.75) is 58.4 Å². The fraction of sp³-hybridized carbons (Fsp3) is 0.600. The van der Waals surface area contributed by atoms with Crippen LogP contribution in [0.5, 0.6) is 0 Å². The molecule has 2 rings (SSSR count). The van der Waals surface area contributed by atoms with Gasteiger partial charge in [0, 0.05) is 32.6 Å². The zero-order valence-corrected chi connectivity index (χ0v) is 15.8. The third-order valence-corrected chi connectivity index (χ3v) is 4.58. The molecule has 3 N–H and O–H groups in total. The highest BCUT2D eigenvalue weighted by atomic mass is 16.1. The van der Waals surface area contributed by atoms with Gasteiger partial charge in [0.15, 0.2) is 5.96 Å². The molecule has 25 heavy (non-hydrogen) atoms. The molecule has 0 aromatic heterocycles. The Balaban J connectivity index is 1.63. The quantitative estimate of drug-likeness (QED) is 0.526. The molecule has 138 valence electrons. The minimum Gasteiger partial charge on any atom is -0.356 e. The molecular weight excluding hydrogens is 312 g/mol. The van der Waals surface area contributed by atoms with Gasteiger partial charge in [-0.3, -0.25) is 9.79 Å². The first-order chi connectivity index (χ1) is 12.1. The predicted octanol–water partition coefficient (Wildman–Crippen LogP) is 2.46. The lowest BCUT2D eigenvalue weighted by Crippen LogP contribution is -2.41. The second-order valence-corrected chi connectivity index (χ2v) is 6.97. The lowest BCUT2D eigenvalue weighted by atomic mass is 10.1. The van der Waals surface area contributed by atoms with Gasteiger partial charge in [0.1, 0.15) is 0 Å². The third-order valence-electron chi connectivity index (χ3n) is 4.58. The topological polar surface area (TPSA) is 65.5 Å². The van der Waals surface area contributed by atoms with E-state index < -0.39 is 0 Å². The van der Waals surface area contributed by atoms with E-state index in [9.17, 15) is 4.79 Å². The van der Waals surface area contributed by atoms with Crippen LogP contribution >= 0.6 is 0 Å². The first-order valence-corrected chi connectivity index (χ1v) is 9.38. The van der Waals surface area contributed by atoms with Gasteiger partial charge >= 0.3 is 0 Å². The van der Waals surface area contributed by atoms with Crippen molar-refractivity contribution >= 4 is 11.9 Å². The van der Waals surface area contributed by atoms with Gasteiger partial charge in [0.05, 0.1) is 0 Å². The summed E-state index contributed by atoms with van der Waals surface area (Å²) in [4.78, 5) is 16.1. The van der Waals surface area contributed by atoms with Crippen LogP contribution in [0.25, 0.3) is 0 Å². The summed E-state index contributed by atoms with van der Waals surface area (Å²) in [5, 5.41) is 9.63. The molecule has 0 atom stereocenters. The van der Waals surface area contributed by atoms with E-state index in [1.807, 2.05) is 0 Å². The largest absolute Gasteiger partial charge is 0.356 e. The number of nitrogens with zero attached hydrogens (tertiary/aromatic N) is 1. The number of carbonyl (C=O) groups is 1. The van der Waals surface area contributed by atoms with Crippen LogP contribution in [0.2, 0.25) is 0 Å². The molecule has 0 saturated heterocycles. The maximum Gasteiger partial charge on any atom is 0.221 e. The number of nitrogens with one attached hydrogen (secondary N) is 3. The predicted molar refractivity (Wildman–Crippen MR) is 104 cm³/mol. The highest BCUT2D eigenvalue weighted by Gasteiger charge is 2.16. The van der Waals surface area contributed by atoms with Gasteiger partial charge in [0.25, 0.3) is 0 Å². The van der Waals surface area contributed by atoms with Gasteiger partial charge in [-0.2, -0.15) is 0 Å². The summed E-state index contributed by atoms with van der Waals surface area (Å²) < 4.78 is 0. The van der Waals surface area contributed by atoms with Crippen LogP contribution in [0.4, 0.5) is 0 Å². The summed E-state index contributed by atoms with van der Waals surface area (Å²) in [6.45, 7) is 5.67. The van der Waals surface area contributed by atoms with Crippen molar-refractivity contribution in [1.82, 2.24) is 16.0 Å². The number of benzene rings is 1. The number of amides is 1. The van der Waals surface area contributed by atoms with Crippen molar-refractivity contribution in [3.8, 4) is 0 Å². The molecule has 1 saturated carbocycles. The molecule has 1 aliphatic carbocycles. The lowest BCUT2D eigenvalue weighted by Gasteiger charge is -2.14. The standard InChI is InChI=1S/C20H32N4O/c1-15-12-16(2)14-17(13-15)8-10-22-20(21-3)23-11-9-19(25)24-18-6-4-5-7-18/h12-14,18H,4-11H2,1-3H3,(H,24,25)(H2,21,22,23). The molecule has 1 aromatic rings. The van der Waals surface area contributed by atoms with Crippen LogP contribution in [-0.4, -0.2) is 38.0 Å². The maximum atomic E-state index is 11.9. The zero-order valence-electron chi connectivity index (χ0n) is 15.8. The van der Waals surface area contributed by atoms with E-state index in [4.69, 9.17) is 0 Å². The first-order valence-electron chi connectivity index (χ1n) is 9.38. The van der Waals surface area contributed by atoms with Gasteiger partial charge in [0.2, 0.25) is 5.91 Å². The van der Waals surface area contributed by atoms with Crippen molar-refractivity contribution < 1.29 is 4.79 Å². The van der Waals surface area contributed by atoms with E-state index in [-0.39, 0.29) is 5.91 Å². The first kappa shape index (κ1) is 19.3. The molecule has 0 radical (unpaired) electrons. The van der Waals surface area contributed by atoms with E-state index in [2.05, 4.69) is 53.0 Å². The summed E-state index contributed by atoms with van der Waals surface area (Å²) in [5.41, 5.74) is 3.92. The molecule has 1 aromatic carbocycles. The van der Waals surface area contributed by atoms with Crippen molar-refractivity contribution in [2.24, 2.45) is 4.99 Å². The maximum absolute atomic E-state index is 11.9. The number of carbonyl (C=O) groups excluding carboxylic acids is 1. The molecule has 0 heterocycles. The summed E-state index contributed by atoms with van der Waals surface area (Å²) in [6, 6.07) is 7.02. The van der Waals surface area contributed by atoms with Gasteiger partial charge in [-0.25, -0.2) is 0 Å². The van der Waals surface area contributed by atoms with Gasteiger partial charge in [-0.15, -0.1) is 0 Å². The molecule has 1 amide bonds. The van der Waals surface area contributed by atoms with E-state index in [1.54, 1.807) is 7.05 Å². The number of aryl methyl sites for hydroxylation is 2. The monoisotopic (exact) mass is 344 g/mol. The van der Waals surface area contributed by atoms with Crippen LogP contribution < -0.4 is 16.0 Å². The van der Waals surface area contributed by atoms with Crippen LogP contribution in [0.3, 0.4) is 0 Å². The molecule has 0 spiro atoms. The average Bonchev–Trinajstić information content (AvgIpc) is 3.05. The molecule has 1 fully saturated rings. The van der Waals surface area contributed by atoms with E-state index >= 15 is 0 Å². The second kappa shape index (κ2) is 10.1. The number of guanidine groups is 1. The minimum absolute atomic E-state index is 0.130. The zero-order chi connectivity index (χ0) is 18.1. The van der Waals surface area contributed by atoms with Crippen molar-refractivity contribution in [3.05, 3.63) is 34.9 Å². The van der Waals surface area contributed by atoms with E-state index in [0.29, 0.717) is 19.0 Å². The van der Waals surface area contributed by atoms with E-state index in [0.717, 1.165) is 31.8 Å². The minimum atomic E-state index is 0.130. The highest BCUT2D eigenvalue weighted by molar-refractivity contribution is 5.81. The molecular formula is C20H32N4O. The normalized spacial score (nSPS) is 15.2. The number of hydrogen-bond acceptors (Lipinski definition) is 2. The summed E-state index contributed by atoms with van der Waals surface area (Å²) >= 11 is 0. The van der Waals surface area contributed by atoms with E-state index in [1.165, 1.54) is 29.5 Å². The Morgan fingerprint density at radius 3 is 2.36 bits per heavy atom. The summed E-state index contributed by atoms with van der Waals surface area (Å²) in [5.74, 6) is 0.878. The van der Waals surface area contributed by atoms with Crippen molar-refractivity contribution in [3.63, 3.8) is 0 Å². The Labute approximate surface area is 151 Å². The molecule has 5 nitrogen and oxygen atoms in total. The van der Waals surface area contributed by atoms with Crippen molar-refractivity contribution in [2.75, 3.05) is 20.1 Å². The molecule has 1 aliphatic rings. The van der Waals surface area contributed by atoms with Crippen LogP contribution in [0, 0.1) is 13.8 Å². The lowest BCUT2D eigenvalue weighted by molar-refractivity contribution is -0.121. The Morgan fingerprint density at radius 2 is 1.72 bits per heavy atom. The fourth-order valence-corrected chi connectivity index (χ4v) is 3.42. The van der Waals surface area contributed by atoms with Crippen LogP contribution in [0.1, 0.15) is 48.8 Å². The number of rotatable bonds is 7. The Bertz CT molecular complexity index is 571. The van der Waals surface area contributed by atoms with Gasteiger partial charge in [-0.05, 0) is 38.7 Å². The second-order valence-electron chi connectivity index (χ2n) is 6.97. The Morgan fingerprint density at radius 1 is 1.08 bits per heavy atom. The molecule has 5 heteroatoms. The highest BCUT2D eigenvalue weighted by Crippen LogP contribution is 2.17. The fourth-order valence-electron chi connectivity index (χ4n) is 3.42. The Kier molecular flexibility index (Phi) is 7.76. The molecule has 0 aliphatic heterocycles. The SMILES string of the molecule is CN=C(NCCC(=O)NC1CCCC1)NCCc1cc(C)cc(C)c1. The third kappa shape index (κ3) is 7.16. The van der Waals surface area contributed by atoms with Gasteiger partial charge in [-0.1, -0.05) is 42.2 Å². The molecule has 0 unspecified atom stereocenters. The van der Waals surface area contributed by atoms with Crippen LogP contribution in [0.15, 0.2) is 23.2 Å². The smallest absolute Gasteiger partial charge is 0.221 e. The summed E-state index contributed by atoms with van der Waals surface area (Å²) in [7, 11) is 1.75. The van der Waals surface area contributed by atoms with Crippen molar-refractivity contribution in [1.29, 1.82) is 0 Å². The molecule has 0 bridgehead atoms. The average molecular weight is 345 g/mol.